The van der Waals surface area contributed by atoms with Crippen LogP contribution in [0, 0.1) is 0 Å². The lowest BCUT2D eigenvalue weighted by Gasteiger charge is -2.25. The Morgan fingerprint density at radius 2 is 2.00 bits per heavy atom. The van der Waals surface area contributed by atoms with Gasteiger partial charge in [-0.15, -0.1) is 0 Å². The number of likely N-dealkylation sites (N-methyl/N-ethyl adjacent to an activating group) is 1. The summed E-state index contributed by atoms with van der Waals surface area (Å²) in [6.45, 7) is 7.26. The van der Waals surface area contributed by atoms with Crippen molar-refractivity contribution >= 4 is 6.09 Å². The molecule has 0 bridgehead atoms. The van der Waals surface area contributed by atoms with Crippen LogP contribution in [0.1, 0.15) is 27.2 Å². The zero-order chi connectivity index (χ0) is 11.6. The summed E-state index contributed by atoms with van der Waals surface area (Å²) in [7, 11) is 4.09. The monoisotopic (exact) mass is 214 g/mol. The van der Waals surface area contributed by atoms with Gasteiger partial charge in [0.2, 0.25) is 0 Å². The number of nitrogens with zero attached hydrogens (tertiary/aromatic N) is 2. The maximum absolute atomic E-state index is 11.7. The molecule has 4 nitrogen and oxygen atoms in total. The lowest BCUT2D eigenvalue weighted by Crippen LogP contribution is -2.37. The quantitative estimate of drug-likeness (QED) is 0.664. The molecule has 0 N–H and O–H groups in total. The summed E-state index contributed by atoms with van der Waals surface area (Å²) in [5, 5.41) is 0. The molecule has 1 heterocycles. The van der Waals surface area contributed by atoms with E-state index in [-0.39, 0.29) is 6.09 Å². The van der Waals surface area contributed by atoms with Crippen molar-refractivity contribution in [2.45, 2.75) is 38.8 Å². The largest absolute Gasteiger partial charge is 0.444 e. The van der Waals surface area contributed by atoms with Gasteiger partial charge in [-0.3, -0.25) is 0 Å². The van der Waals surface area contributed by atoms with Gasteiger partial charge >= 0.3 is 6.09 Å². The van der Waals surface area contributed by atoms with Crippen LogP contribution in [0.5, 0.6) is 0 Å². The Morgan fingerprint density at radius 1 is 1.40 bits per heavy atom. The second kappa shape index (κ2) is 4.39. The maximum atomic E-state index is 11.7. The van der Waals surface area contributed by atoms with E-state index in [1.807, 2.05) is 34.9 Å². The number of hydrogen-bond acceptors (Lipinski definition) is 3. The summed E-state index contributed by atoms with van der Waals surface area (Å²) in [6, 6.07) is 0.470. The number of ether oxygens (including phenoxy) is 1. The second-order valence-corrected chi connectivity index (χ2v) is 5.33. The van der Waals surface area contributed by atoms with Crippen molar-refractivity contribution in [3.63, 3.8) is 0 Å². The maximum Gasteiger partial charge on any atom is 0.410 e. The van der Waals surface area contributed by atoms with Crippen LogP contribution in [-0.2, 0) is 4.74 Å². The first kappa shape index (κ1) is 12.3. The summed E-state index contributed by atoms with van der Waals surface area (Å²) in [5.41, 5.74) is -0.396. The molecule has 0 aromatic rings. The molecule has 0 aromatic heterocycles. The molecule has 4 heteroatoms. The normalized spacial score (nSPS) is 22.3. The van der Waals surface area contributed by atoms with Gasteiger partial charge < -0.3 is 14.5 Å². The summed E-state index contributed by atoms with van der Waals surface area (Å²) >= 11 is 0. The molecule has 0 aromatic carbocycles. The summed E-state index contributed by atoms with van der Waals surface area (Å²) in [5.74, 6) is 0. The van der Waals surface area contributed by atoms with E-state index in [9.17, 15) is 4.79 Å². The van der Waals surface area contributed by atoms with Gasteiger partial charge in [0.1, 0.15) is 5.60 Å². The van der Waals surface area contributed by atoms with Gasteiger partial charge in [0.25, 0.3) is 0 Å². The topological polar surface area (TPSA) is 32.8 Å². The van der Waals surface area contributed by atoms with E-state index in [4.69, 9.17) is 4.74 Å². The third-order valence-electron chi connectivity index (χ3n) is 2.55. The van der Waals surface area contributed by atoms with E-state index in [0.29, 0.717) is 6.04 Å². The van der Waals surface area contributed by atoms with Gasteiger partial charge in [-0.05, 0) is 41.3 Å². The highest BCUT2D eigenvalue weighted by Gasteiger charge is 2.30. The van der Waals surface area contributed by atoms with Gasteiger partial charge in [0.15, 0.2) is 0 Å². The van der Waals surface area contributed by atoms with Crippen LogP contribution in [-0.4, -0.2) is 54.7 Å². The molecule has 15 heavy (non-hydrogen) atoms. The third-order valence-corrected chi connectivity index (χ3v) is 2.55. The molecule has 1 amide bonds. The van der Waals surface area contributed by atoms with Crippen LogP contribution >= 0.6 is 0 Å². The standard InChI is InChI=1S/C11H22N2O2/c1-11(2,3)15-10(14)13-7-6-9(8-13)12(4)5/h9H,6-8H2,1-5H3/t9-/m0/s1. The number of carbonyl (C=O) groups excluding carboxylic acids is 1. The first-order chi connectivity index (χ1) is 6.79. The zero-order valence-electron chi connectivity index (χ0n) is 10.4. The molecule has 1 saturated heterocycles. The minimum absolute atomic E-state index is 0.188. The van der Waals surface area contributed by atoms with Crippen molar-refractivity contribution in [1.29, 1.82) is 0 Å². The Balaban J connectivity index is 2.44. The Morgan fingerprint density at radius 3 is 2.40 bits per heavy atom. The van der Waals surface area contributed by atoms with Crippen LogP contribution in [0.25, 0.3) is 0 Å². The van der Waals surface area contributed by atoms with Crippen molar-refractivity contribution in [2.75, 3.05) is 27.2 Å². The van der Waals surface area contributed by atoms with E-state index in [0.717, 1.165) is 19.5 Å². The Kier molecular flexibility index (Phi) is 3.60. The van der Waals surface area contributed by atoms with Crippen LogP contribution in [0.4, 0.5) is 4.79 Å². The Labute approximate surface area is 92.2 Å². The number of rotatable bonds is 1. The van der Waals surface area contributed by atoms with E-state index >= 15 is 0 Å². The lowest BCUT2D eigenvalue weighted by molar-refractivity contribution is 0.0285. The Hall–Kier alpha value is -0.770. The second-order valence-electron chi connectivity index (χ2n) is 5.33. The molecule has 0 radical (unpaired) electrons. The van der Waals surface area contributed by atoms with Gasteiger partial charge in [-0.25, -0.2) is 4.79 Å². The van der Waals surface area contributed by atoms with Gasteiger partial charge in [0, 0.05) is 19.1 Å². The minimum atomic E-state index is -0.396. The van der Waals surface area contributed by atoms with E-state index in [2.05, 4.69) is 4.90 Å². The zero-order valence-corrected chi connectivity index (χ0v) is 10.4. The number of hydrogen-bond donors (Lipinski definition) is 0. The van der Waals surface area contributed by atoms with E-state index in [1.165, 1.54) is 0 Å². The average Bonchev–Trinajstić information content (AvgIpc) is 2.47. The molecule has 1 aliphatic rings. The predicted molar refractivity (Wildman–Crippen MR) is 59.9 cm³/mol. The number of likely N-dealkylation sites (tertiary alicyclic amines) is 1. The average molecular weight is 214 g/mol. The molecular formula is C11H22N2O2. The van der Waals surface area contributed by atoms with Crippen LogP contribution < -0.4 is 0 Å². The SMILES string of the molecule is CN(C)[C@H]1CCN(C(=O)OC(C)(C)C)C1. The molecule has 0 saturated carbocycles. The molecule has 1 fully saturated rings. The van der Waals surface area contributed by atoms with Crippen molar-refractivity contribution in [3.8, 4) is 0 Å². The third kappa shape index (κ3) is 3.70. The van der Waals surface area contributed by atoms with Crippen LogP contribution in [0.15, 0.2) is 0 Å². The molecular weight excluding hydrogens is 192 g/mol. The minimum Gasteiger partial charge on any atom is -0.444 e. The van der Waals surface area contributed by atoms with Crippen LogP contribution in [0.2, 0.25) is 0 Å². The fourth-order valence-corrected chi connectivity index (χ4v) is 1.66. The van der Waals surface area contributed by atoms with E-state index in [1.54, 1.807) is 4.90 Å². The summed E-state index contributed by atoms with van der Waals surface area (Å²) < 4.78 is 5.32. The lowest BCUT2D eigenvalue weighted by atomic mass is 10.2. The predicted octanol–water partition coefficient (Wildman–Crippen LogP) is 1.56. The molecule has 1 rings (SSSR count). The highest BCUT2D eigenvalue weighted by Crippen LogP contribution is 2.17. The number of amides is 1. The van der Waals surface area contributed by atoms with E-state index < -0.39 is 5.60 Å². The van der Waals surface area contributed by atoms with Crippen molar-refractivity contribution in [2.24, 2.45) is 0 Å². The van der Waals surface area contributed by atoms with Gasteiger partial charge in [-0.1, -0.05) is 0 Å². The fraction of sp³-hybridized carbons (Fsp3) is 0.909. The first-order valence-electron chi connectivity index (χ1n) is 5.44. The van der Waals surface area contributed by atoms with Gasteiger partial charge in [0.05, 0.1) is 0 Å². The smallest absolute Gasteiger partial charge is 0.410 e. The summed E-state index contributed by atoms with van der Waals surface area (Å²) in [6.07, 6.45) is 0.846. The molecule has 0 unspecified atom stereocenters. The van der Waals surface area contributed by atoms with Crippen molar-refractivity contribution in [3.05, 3.63) is 0 Å². The van der Waals surface area contributed by atoms with Crippen molar-refractivity contribution < 1.29 is 9.53 Å². The molecule has 0 spiro atoms. The summed E-state index contributed by atoms with van der Waals surface area (Å²) in [4.78, 5) is 15.7. The van der Waals surface area contributed by atoms with Crippen molar-refractivity contribution in [1.82, 2.24) is 9.80 Å². The molecule has 1 aliphatic heterocycles. The highest BCUT2D eigenvalue weighted by atomic mass is 16.6. The van der Waals surface area contributed by atoms with Crippen LogP contribution in [0.3, 0.4) is 0 Å². The molecule has 88 valence electrons. The Bertz CT molecular complexity index is 233. The fourth-order valence-electron chi connectivity index (χ4n) is 1.66. The first-order valence-corrected chi connectivity index (χ1v) is 5.44. The number of carbonyl (C=O) groups is 1. The molecule has 1 atom stereocenters. The highest BCUT2D eigenvalue weighted by molar-refractivity contribution is 5.68. The van der Waals surface area contributed by atoms with Gasteiger partial charge in [-0.2, -0.15) is 0 Å². The molecule has 0 aliphatic carbocycles.